The van der Waals surface area contributed by atoms with Gasteiger partial charge in [0.25, 0.3) is 0 Å². The number of rotatable bonds is 6. The van der Waals surface area contributed by atoms with Gasteiger partial charge in [0.05, 0.1) is 12.2 Å². The van der Waals surface area contributed by atoms with Gasteiger partial charge in [-0.15, -0.1) is 0 Å². The maximum absolute atomic E-state index is 5.62. The third kappa shape index (κ3) is 7.49. The van der Waals surface area contributed by atoms with Crippen molar-refractivity contribution in [1.29, 1.82) is 0 Å². The van der Waals surface area contributed by atoms with E-state index in [1.54, 1.807) is 6.08 Å². The van der Waals surface area contributed by atoms with Crippen molar-refractivity contribution in [2.75, 3.05) is 0 Å². The van der Waals surface area contributed by atoms with Gasteiger partial charge in [-0.25, -0.2) is 0 Å². The van der Waals surface area contributed by atoms with Gasteiger partial charge in [-0.05, 0) is 65.0 Å². The molecule has 0 bridgehead atoms. The van der Waals surface area contributed by atoms with Crippen LogP contribution < -0.4 is 9.47 Å². The zero-order valence-corrected chi connectivity index (χ0v) is 18.0. The zero-order valence-electron chi connectivity index (χ0n) is 16.4. The van der Waals surface area contributed by atoms with E-state index in [2.05, 4.69) is 42.1 Å². The molecule has 0 unspecified atom stereocenters. The second-order valence-electron chi connectivity index (χ2n) is 6.46. The number of benzene rings is 2. The summed E-state index contributed by atoms with van der Waals surface area (Å²) in [5.74, 6) is 1.80. The molecule has 0 aliphatic rings. The SMILES string of the molecule is C=Cc1cc(Br)ccc1OC(C)C.C=Cc1cc(C)ccc1OC(C)C. The molecule has 0 fully saturated rings. The summed E-state index contributed by atoms with van der Waals surface area (Å²) in [5, 5.41) is 0. The minimum absolute atomic E-state index is 0.194. The van der Waals surface area contributed by atoms with Crippen molar-refractivity contribution in [1.82, 2.24) is 0 Å². The van der Waals surface area contributed by atoms with Crippen LogP contribution in [0.3, 0.4) is 0 Å². The van der Waals surface area contributed by atoms with Gasteiger partial charge in [-0.2, -0.15) is 0 Å². The van der Waals surface area contributed by atoms with Crippen LogP contribution in [0.1, 0.15) is 44.4 Å². The molecule has 0 atom stereocenters. The minimum atomic E-state index is 0.194. The smallest absolute Gasteiger partial charge is 0.126 e. The summed E-state index contributed by atoms with van der Waals surface area (Å²) >= 11 is 3.40. The highest BCUT2D eigenvalue weighted by atomic mass is 79.9. The first-order chi connectivity index (χ1) is 12.3. The summed E-state index contributed by atoms with van der Waals surface area (Å²) in [7, 11) is 0. The first-order valence-electron chi connectivity index (χ1n) is 8.75. The average Bonchev–Trinajstić information content (AvgIpc) is 2.57. The van der Waals surface area contributed by atoms with Gasteiger partial charge < -0.3 is 9.47 Å². The van der Waals surface area contributed by atoms with Crippen LogP contribution in [0.4, 0.5) is 0 Å². The molecule has 0 aliphatic heterocycles. The predicted octanol–water partition coefficient (Wildman–Crippen LogP) is 7.30. The number of hydrogen-bond donors (Lipinski definition) is 0. The largest absolute Gasteiger partial charge is 0.490 e. The summed E-state index contributed by atoms with van der Waals surface area (Å²) in [6.45, 7) is 17.6. The molecule has 2 aromatic rings. The highest BCUT2D eigenvalue weighted by Gasteiger charge is 2.03. The van der Waals surface area contributed by atoms with E-state index in [9.17, 15) is 0 Å². The van der Waals surface area contributed by atoms with E-state index < -0.39 is 0 Å². The highest BCUT2D eigenvalue weighted by molar-refractivity contribution is 9.10. The van der Waals surface area contributed by atoms with Gasteiger partial charge in [-0.3, -0.25) is 0 Å². The molecule has 0 heterocycles. The molecule has 2 nitrogen and oxygen atoms in total. The van der Waals surface area contributed by atoms with E-state index in [-0.39, 0.29) is 12.2 Å². The van der Waals surface area contributed by atoms with E-state index in [1.807, 2.05) is 64.1 Å². The van der Waals surface area contributed by atoms with E-state index in [0.29, 0.717) is 0 Å². The Bertz CT molecular complexity index is 669. The lowest BCUT2D eigenvalue weighted by molar-refractivity contribution is 0.241. The Hall–Kier alpha value is -2.00. The first-order valence-corrected chi connectivity index (χ1v) is 9.54. The maximum atomic E-state index is 5.62. The monoisotopic (exact) mass is 416 g/mol. The fourth-order valence-electron chi connectivity index (χ4n) is 2.23. The van der Waals surface area contributed by atoms with Gasteiger partial charge in [0.2, 0.25) is 0 Å². The van der Waals surface area contributed by atoms with Crippen molar-refractivity contribution < 1.29 is 9.47 Å². The van der Waals surface area contributed by atoms with Gasteiger partial charge in [0, 0.05) is 15.6 Å². The molecule has 26 heavy (non-hydrogen) atoms. The first kappa shape index (κ1) is 22.0. The molecule has 0 spiro atoms. The van der Waals surface area contributed by atoms with Crippen molar-refractivity contribution in [3.63, 3.8) is 0 Å². The van der Waals surface area contributed by atoms with Crippen LogP contribution in [0.25, 0.3) is 12.2 Å². The van der Waals surface area contributed by atoms with Crippen LogP contribution in [0.2, 0.25) is 0 Å². The highest BCUT2D eigenvalue weighted by Crippen LogP contribution is 2.25. The van der Waals surface area contributed by atoms with Crippen LogP contribution in [-0.4, -0.2) is 12.2 Å². The van der Waals surface area contributed by atoms with Crippen LogP contribution in [0.5, 0.6) is 11.5 Å². The second kappa shape index (κ2) is 10.9. The van der Waals surface area contributed by atoms with Gasteiger partial charge in [0.1, 0.15) is 11.5 Å². The number of halogens is 1. The molecule has 0 aliphatic carbocycles. The van der Waals surface area contributed by atoms with E-state index in [1.165, 1.54) is 5.56 Å². The van der Waals surface area contributed by atoms with E-state index in [0.717, 1.165) is 27.1 Å². The Kier molecular flexibility index (Phi) is 9.22. The van der Waals surface area contributed by atoms with E-state index in [4.69, 9.17) is 9.47 Å². The Balaban J connectivity index is 0.000000260. The van der Waals surface area contributed by atoms with Crippen LogP contribution in [0, 0.1) is 6.92 Å². The van der Waals surface area contributed by atoms with Crippen molar-refractivity contribution >= 4 is 28.1 Å². The quantitative estimate of drug-likeness (QED) is 0.491. The summed E-state index contributed by atoms with van der Waals surface area (Å²) in [6, 6.07) is 12.0. The second-order valence-corrected chi connectivity index (χ2v) is 7.38. The number of hydrogen-bond acceptors (Lipinski definition) is 2. The zero-order chi connectivity index (χ0) is 19.7. The molecular weight excluding hydrogens is 388 g/mol. The van der Waals surface area contributed by atoms with Crippen molar-refractivity contribution in [3.05, 3.63) is 70.7 Å². The topological polar surface area (TPSA) is 18.5 Å². The van der Waals surface area contributed by atoms with Gasteiger partial charge in [-0.1, -0.05) is 52.9 Å². The van der Waals surface area contributed by atoms with E-state index >= 15 is 0 Å². The summed E-state index contributed by atoms with van der Waals surface area (Å²) in [6.07, 6.45) is 4.02. The Morgan fingerprint density at radius 3 is 1.73 bits per heavy atom. The maximum Gasteiger partial charge on any atom is 0.126 e. The minimum Gasteiger partial charge on any atom is -0.490 e. The van der Waals surface area contributed by atoms with Crippen LogP contribution in [-0.2, 0) is 0 Å². The van der Waals surface area contributed by atoms with Crippen molar-refractivity contribution in [2.24, 2.45) is 0 Å². The predicted molar refractivity (Wildman–Crippen MR) is 117 cm³/mol. The Morgan fingerprint density at radius 2 is 1.27 bits per heavy atom. The van der Waals surface area contributed by atoms with Crippen LogP contribution in [0.15, 0.2) is 54.0 Å². The third-order valence-corrected chi connectivity index (χ3v) is 3.80. The Labute approximate surface area is 166 Å². The third-order valence-electron chi connectivity index (χ3n) is 3.30. The Morgan fingerprint density at radius 1 is 0.808 bits per heavy atom. The summed E-state index contributed by atoms with van der Waals surface area (Å²) in [4.78, 5) is 0. The summed E-state index contributed by atoms with van der Waals surface area (Å²) in [5.41, 5.74) is 3.31. The average molecular weight is 417 g/mol. The molecule has 0 saturated carbocycles. The fraction of sp³-hybridized carbons (Fsp3) is 0.304. The van der Waals surface area contributed by atoms with Crippen molar-refractivity contribution in [2.45, 2.75) is 46.8 Å². The molecule has 140 valence electrons. The molecule has 0 aromatic heterocycles. The normalized spacial score (nSPS) is 10.2. The standard InChI is InChI=1S/C12H16O.C11H13BrO/c1-5-11-8-10(4)6-7-12(11)13-9(2)3;1-4-9-7-10(12)5-6-11(9)13-8(2)3/h5-9H,1H2,2-4H3;4-8H,1H2,2-3H3. The number of aryl methyl sites for hydroxylation is 1. The summed E-state index contributed by atoms with van der Waals surface area (Å²) < 4.78 is 12.3. The fourth-order valence-corrected chi connectivity index (χ4v) is 2.61. The molecule has 2 aromatic carbocycles. The lowest BCUT2D eigenvalue weighted by Gasteiger charge is -2.12. The molecule has 3 heteroatoms. The van der Waals surface area contributed by atoms with Gasteiger partial charge in [0.15, 0.2) is 0 Å². The number of ether oxygens (including phenoxy) is 2. The molecular formula is C23H29BrO2. The molecule has 0 amide bonds. The molecule has 0 saturated heterocycles. The molecule has 0 radical (unpaired) electrons. The van der Waals surface area contributed by atoms with Crippen molar-refractivity contribution in [3.8, 4) is 11.5 Å². The molecule has 2 rings (SSSR count). The lowest BCUT2D eigenvalue weighted by Crippen LogP contribution is -2.06. The van der Waals surface area contributed by atoms with Crippen LogP contribution >= 0.6 is 15.9 Å². The lowest BCUT2D eigenvalue weighted by atomic mass is 10.1. The van der Waals surface area contributed by atoms with Gasteiger partial charge >= 0.3 is 0 Å². The molecule has 0 N–H and O–H groups in total.